The van der Waals surface area contributed by atoms with Crippen LogP contribution in [-0.4, -0.2) is 73.9 Å². The summed E-state index contributed by atoms with van der Waals surface area (Å²) < 4.78 is 27.4. The highest BCUT2D eigenvalue weighted by Crippen LogP contribution is 2.28. The smallest absolute Gasteiger partial charge is 0.234 e. The molecule has 1 aliphatic heterocycles. The van der Waals surface area contributed by atoms with E-state index < -0.39 is 10.0 Å². The third kappa shape index (κ3) is 5.56. The predicted molar refractivity (Wildman–Crippen MR) is 122 cm³/mol. The molecular weight excluding hydrogens is 416 g/mol. The van der Waals surface area contributed by atoms with E-state index >= 15 is 0 Å². The van der Waals surface area contributed by atoms with Crippen molar-refractivity contribution in [1.82, 2.24) is 14.9 Å². The zero-order valence-corrected chi connectivity index (χ0v) is 18.7. The highest BCUT2D eigenvalue weighted by molar-refractivity contribution is 7.92. The molecule has 31 heavy (non-hydrogen) atoms. The van der Waals surface area contributed by atoms with Gasteiger partial charge in [0.1, 0.15) is 11.6 Å². The minimum atomic E-state index is -3.53. The third-order valence-corrected chi connectivity index (χ3v) is 7.05. The van der Waals surface area contributed by atoms with Crippen molar-refractivity contribution in [3.8, 4) is 5.75 Å². The second kappa shape index (κ2) is 9.27. The minimum Gasteiger partial charge on any atom is -0.508 e. The monoisotopic (exact) mass is 446 g/mol. The molecule has 2 aliphatic rings. The summed E-state index contributed by atoms with van der Waals surface area (Å²) in [6.07, 6.45) is 4.07. The Hall–Kier alpha value is -2.59. The number of piperazine rings is 1. The molecule has 168 valence electrons. The summed E-state index contributed by atoms with van der Waals surface area (Å²) in [5, 5.41) is 12.6. The molecule has 2 heterocycles. The maximum Gasteiger partial charge on any atom is 0.234 e. The molecule has 1 saturated heterocycles. The predicted octanol–water partition coefficient (Wildman–Crippen LogP) is 1.67. The van der Waals surface area contributed by atoms with E-state index in [-0.39, 0.29) is 18.0 Å². The topological polar surface area (TPSA) is 111 Å². The maximum atomic E-state index is 12.4. The number of rotatable bonds is 7. The second-order valence-corrected chi connectivity index (χ2v) is 10.0. The number of nitrogens with one attached hydrogen (secondary N) is 2. The first-order chi connectivity index (χ1) is 14.9. The number of phenols is 1. The third-order valence-electron chi connectivity index (χ3n) is 5.76. The largest absolute Gasteiger partial charge is 0.508 e. The standard InChI is InChI=1S/C21H30N6O3S/c1-26-11-13-27(14-12-26)21-23-19-5-3-2-4-18(19)20(24-21)22-10-15-31(29,30)25-16-6-8-17(28)9-7-16/h6-9,25,28H,2-5,10-15H2,1H3,(H,22,23,24). The van der Waals surface area contributed by atoms with Crippen molar-refractivity contribution >= 4 is 27.5 Å². The van der Waals surface area contributed by atoms with Crippen molar-refractivity contribution in [3.63, 3.8) is 0 Å². The van der Waals surface area contributed by atoms with Gasteiger partial charge in [-0.15, -0.1) is 0 Å². The number of hydrogen-bond donors (Lipinski definition) is 3. The Morgan fingerprint density at radius 1 is 1.03 bits per heavy atom. The SMILES string of the molecule is CN1CCN(c2nc3c(c(NCCS(=O)(=O)Nc4ccc(O)cc4)n2)CCCC3)CC1. The summed E-state index contributed by atoms with van der Waals surface area (Å²) >= 11 is 0. The fraction of sp³-hybridized carbons (Fsp3) is 0.524. The lowest BCUT2D eigenvalue weighted by atomic mass is 9.96. The number of phenolic OH excluding ortho intramolecular Hbond substituents is 1. The Bertz CT molecular complexity index is 1000. The van der Waals surface area contributed by atoms with Crippen LogP contribution in [0.25, 0.3) is 0 Å². The number of aryl methyl sites for hydroxylation is 1. The highest BCUT2D eigenvalue weighted by atomic mass is 32.2. The van der Waals surface area contributed by atoms with Gasteiger partial charge in [-0.25, -0.2) is 13.4 Å². The lowest BCUT2D eigenvalue weighted by molar-refractivity contribution is 0.311. The average Bonchev–Trinajstić information content (AvgIpc) is 2.75. The van der Waals surface area contributed by atoms with Crippen molar-refractivity contribution in [3.05, 3.63) is 35.5 Å². The van der Waals surface area contributed by atoms with E-state index in [2.05, 4.69) is 26.9 Å². The van der Waals surface area contributed by atoms with Crippen molar-refractivity contribution in [2.45, 2.75) is 25.7 Å². The van der Waals surface area contributed by atoms with Gasteiger partial charge >= 0.3 is 0 Å². The van der Waals surface area contributed by atoms with E-state index in [1.54, 1.807) is 0 Å². The van der Waals surface area contributed by atoms with Gasteiger partial charge in [-0.2, -0.15) is 4.98 Å². The normalized spacial score (nSPS) is 17.3. The Kier molecular flexibility index (Phi) is 6.47. The van der Waals surface area contributed by atoms with E-state index in [0.29, 0.717) is 5.69 Å². The van der Waals surface area contributed by atoms with Gasteiger partial charge in [0.25, 0.3) is 0 Å². The zero-order chi connectivity index (χ0) is 21.8. The summed E-state index contributed by atoms with van der Waals surface area (Å²) in [4.78, 5) is 14.1. The van der Waals surface area contributed by atoms with E-state index in [4.69, 9.17) is 9.97 Å². The van der Waals surface area contributed by atoms with Crippen LogP contribution in [0.1, 0.15) is 24.1 Å². The summed E-state index contributed by atoms with van der Waals surface area (Å²) in [6, 6.07) is 5.96. The number of hydrogen-bond acceptors (Lipinski definition) is 8. The molecule has 1 aromatic heterocycles. The van der Waals surface area contributed by atoms with Crippen LogP contribution in [0, 0.1) is 0 Å². The first-order valence-electron chi connectivity index (χ1n) is 10.8. The molecule has 0 radical (unpaired) electrons. The number of sulfonamides is 1. The summed E-state index contributed by atoms with van der Waals surface area (Å²) in [5.74, 6) is 1.50. The van der Waals surface area contributed by atoms with Crippen molar-refractivity contribution in [1.29, 1.82) is 0 Å². The molecule has 10 heteroatoms. The van der Waals surface area contributed by atoms with Crippen LogP contribution in [0.15, 0.2) is 24.3 Å². The molecule has 0 amide bonds. The van der Waals surface area contributed by atoms with Crippen LogP contribution in [0.3, 0.4) is 0 Å². The van der Waals surface area contributed by atoms with Crippen LogP contribution < -0.4 is 14.9 Å². The van der Waals surface area contributed by atoms with Crippen LogP contribution in [-0.2, 0) is 22.9 Å². The molecule has 3 N–H and O–H groups in total. The number of benzene rings is 1. The summed E-state index contributed by atoms with van der Waals surface area (Å²) in [7, 11) is -1.41. The first kappa shape index (κ1) is 21.6. The number of fused-ring (bicyclic) bond motifs is 1. The first-order valence-corrected chi connectivity index (χ1v) is 12.4. The van der Waals surface area contributed by atoms with E-state index in [0.717, 1.165) is 74.9 Å². The van der Waals surface area contributed by atoms with Gasteiger partial charge in [0.05, 0.1) is 11.4 Å². The molecule has 0 atom stereocenters. The second-order valence-electron chi connectivity index (χ2n) is 8.19. The number of likely N-dealkylation sites (N-methyl/N-ethyl adjacent to an activating group) is 1. The van der Waals surface area contributed by atoms with E-state index in [1.807, 2.05) is 0 Å². The number of anilines is 3. The lowest BCUT2D eigenvalue weighted by Gasteiger charge is -2.33. The molecule has 0 saturated carbocycles. The summed E-state index contributed by atoms with van der Waals surface area (Å²) in [6.45, 7) is 3.98. The van der Waals surface area contributed by atoms with E-state index in [1.165, 1.54) is 24.3 Å². The molecule has 0 spiro atoms. The zero-order valence-electron chi connectivity index (χ0n) is 17.8. The van der Waals surface area contributed by atoms with Crippen molar-refractivity contribution < 1.29 is 13.5 Å². The minimum absolute atomic E-state index is 0.0868. The molecule has 1 fully saturated rings. The fourth-order valence-electron chi connectivity index (χ4n) is 3.94. The average molecular weight is 447 g/mol. The molecule has 4 rings (SSSR count). The van der Waals surface area contributed by atoms with Crippen LogP contribution in [0.5, 0.6) is 5.75 Å². The molecule has 1 aromatic carbocycles. The highest BCUT2D eigenvalue weighted by Gasteiger charge is 2.22. The molecule has 1 aliphatic carbocycles. The van der Waals surface area contributed by atoms with Crippen molar-refractivity contribution in [2.24, 2.45) is 0 Å². The Labute approximate surface area is 183 Å². The molecular formula is C21H30N6O3S. The molecule has 0 bridgehead atoms. The van der Waals surface area contributed by atoms with Gasteiger partial charge in [-0.05, 0) is 57.0 Å². The fourth-order valence-corrected chi connectivity index (χ4v) is 4.91. The lowest BCUT2D eigenvalue weighted by Crippen LogP contribution is -2.45. The van der Waals surface area contributed by atoms with Crippen LogP contribution in [0.4, 0.5) is 17.5 Å². The van der Waals surface area contributed by atoms with Crippen molar-refractivity contribution in [2.75, 3.05) is 60.5 Å². The van der Waals surface area contributed by atoms with Gasteiger partial charge in [0.15, 0.2) is 0 Å². The number of aromatic nitrogens is 2. The molecule has 2 aromatic rings. The van der Waals surface area contributed by atoms with Crippen LogP contribution >= 0.6 is 0 Å². The van der Waals surface area contributed by atoms with Gasteiger partial charge in [0.2, 0.25) is 16.0 Å². The van der Waals surface area contributed by atoms with Gasteiger partial charge < -0.3 is 20.2 Å². The summed E-state index contributed by atoms with van der Waals surface area (Å²) in [5.41, 5.74) is 2.63. The Morgan fingerprint density at radius 3 is 2.48 bits per heavy atom. The Morgan fingerprint density at radius 2 is 1.74 bits per heavy atom. The Balaban J connectivity index is 1.44. The van der Waals surface area contributed by atoms with Gasteiger partial charge in [0, 0.05) is 44.0 Å². The van der Waals surface area contributed by atoms with Crippen LogP contribution in [0.2, 0.25) is 0 Å². The number of nitrogens with zero attached hydrogens (tertiary/aromatic N) is 4. The van der Waals surface area contributed by atoms with Gasteiger partial charge in [-0.3, -0.25) is 4.72 Å². The quantitative estimate of drug-likeness (QED) is 0.551. The van der Waals surface area contributed by atoms with E-state index in [9.17, 15) is 13.5 Å². The molecule has 0 unspecified atom stereocenters. The van der Waals surface area contributed by atoms with Gasteiger partial charge in [-0.1, -0.05) is 0 Å². The maximum absolute atomic E-state index is 12.4. The molecule has 9 nitrogen and oxygen atoms in total. The number of aromatic hydroxyl groups is 1.